The molecule has 3 nitrogen and oxygen atoms in total. The summed E-state index contributed by atoms with van der Waals surface area (Å²) >= 11 is 0. The summed E-state index contributed by atoms with van der Waals surface area (Å²) in [5.74, 6) is 0. The highest BCUT2D eigenvalue weighted by Crippen LogP contribution is 2.40. The van der Waals surface area contributed by atoms with Crippen LogP contribution in [0.15, 0.2) is 199 Å². The van der Waals surface area contributed by atoms with Gasteiger partial charge < -0.3 is 13.6 Å². The Labute approximate surface area is 316 Å². The molecule has 0 radical (unpaired) electrons. The van der Waals surface area contributed by atoms with Crippen LogP contribution < -0.4 is 0 Å². The quantitative estimate of drug-likeness (QED) is 0.179. The van der Waals surface area contributed by atoms with E-state index in [4.69, 9.17) is 4.42 Å². The molecule has 0 spiro atoms. The molecule has 3 aromatic heterocycles. The van der Waals surface area contributed by atoms with E-state index >= 15 is 0 Å². The highest BCUT2D eigenvalue weighted by atomic mass is 16.3. The van der Waals surface area contributed by atoms with Gasteiger partial charge in [0.05, 0.1) is 22.1 Å². The molecule has 0 aliphatic carbocycles. The van der Waals surface area contributed by atoms with E-state index in [2.05, 4.69) is 191 Å². The van der Waals surface area contributed by atoms with Gasteiger partial charge in [-0.15, -0.1) is 0 Å². The summed E-state index contributed by atoms with van der Waals surface area (Å²) in [5, 5.41) is 9.69. The molecule has 3 heterocycles. The van der Waals surface area contributed by atoms with Gasteiger partial charge in [-0.25, -0.2) is 0 Å². The van der Waals surface area contributed by atoms with E-state index in [0.717, 1.165) is 44.4 Å². The molecule has 9 aromatic carbocycles. The Morgan fingerprint density at radius 2 is 0.855 bits per heavy atom. The van der Waals surface area contributed by atoms with Crippen LogP contribution in [0.2, 0.25) is 0 Å². The molecule has 12 aromatic rings. The summed E-state index contributed by atoms with van der Waals surface area (Å²) in [4.78, 5) is 0. The van der Waals surface area contributed by atoms with Gasteiger partial charge in [0.2, 0.25) is 0 Å². The van der Waals surface area contributed by atoms with Crippen molar-refractivity contribution in [3.63, 3.8) is 0 Å². The van der Waals surface area contributed by atoms with Gasteiger partial charge in [0.15, 0.2) is 0 Å². The minimum atomic E-state index is 0.917. The molecule has 0 atom stereocenters. The molecule has 0 N–H and O–H groups in total. The standard InChI is InChI=1S/C52H32N2O/c1-2-11-38(12-3-1)53-47-18-7-4-13-41(47)43-27-24-35(31-49(43)53)36-25-28-44-42-14-5-8-19-48(42)54(50(44)32-36)39-26-23-33-29-37(22-21-34(33)30-39)40-16-10-17-46-45-15-6-9-20-51(45)55-52(40)46/h1-32H. The molecule has 0 aliphatic heterocycles. The van der Waals surface area contributed by atoms with Crippen molar-refractivity contribution in [1.29, 1.82) is 0 Å². The predicted octanol–water partition coefficient (Wildman–Crippen LogP) is 14.3. The van der Waals surface area contributed by atoms with Crippen molar-refractivity contribution >= 4 is 76.3 Å². The van der Waals surface area contributed by atoms with Gasteiger partial charge in [-0.2, -0.15) is 0 Å². The first kappa shape index (κ1) is 30.1. The Bertz CT molecular complexity index is 3490. The number of nitrogens with zero attached hydrogens (tertiary/aromatic N) is 2. The Kier molecular flexibility index (Phi) is 6.34. The summed E-state index contributed by atoms with van der Waals surface area (Å²) in [6.07, 6.45) is 0. The first-order valence-electron chi connectivity index (χ1n) is 18.8. The van der Waals surface area contributed by atoms with Crippen molar-refractivity contribution in [2.24, 2.45) is 0 Å². The topological polar surface area (TPSA) is 23.0 Å². The smallest absolute Gasteiger partial charge is 0.143 e. The third kappa shape index (κ3) is 4.50. The molecule has 0 aliphatic rings. The SMILES string of the molecule is c1ccc(-n2c3ccccc3c3ccc(-c4ccc5c6ccccc6n(-c6ccc7cc(-c8cccc9c8oc8ccccc89)ccc7c6)c5c4)cc32)cc1. The van der Waals surface area contributed by atoms with Gasteiger partial charge in [0.25, 0.3) is 0 Å². The zero-order valence-electron chi connectivity index (χ0n) is 29.8. The van der Waals surface area contributed by atoms with Crippen LogP contribution in [-0.2, 0) is 0 Å². The third-order valence-corrected chi connectivity index (χ3v) is 11.5. The first-order valence-corrected chi connectivity index (χ1v) is 18.8. The number of fused-ring (bicyclic) bond motifs is 10. The highest BCUT2D eigenvalue weighted by Gasteiger charge is 2.17. The second-order valence-electron chi connectivity index (χ2n) is 14.5. The van der Waals surface area contributed by atoms with Gasteiger partial charge >= 0.3 is 0 Å². The van der Waals surface area contributed by atoms with Gasteiger partial charge in [-0.05, 0) is 88.1 Å². The van der Waals surface area contributed by atoms with Crippen LogP contribution >= 0.6 is 0 Å². The van der Waals surface area contributed by atoms with Crippen LogP contribution in [0.3, 0.4) is 0 Å². The maximum absolute atomic E-state index is 6.40. The number of benzene rings is 9. The van der Waals surface area contributed by atoms with Gasteiger partial charge in [0.1, 0.15) is 11.2 Å². The van der Waals surface area contributed by atoms with Crippen LogP contribution in [0.5, 0.6) is 0 Å². The summed E-state index contributed by atoms with van der Waals surface area (Å²) in [7, 11) is 0. The monoisotopic (exact) mass is 700 g/mol. The van der Waals surface area contributed by atoms with Crippen LogP contribution in [0.1, 0.15) is 0 Å². The van der Waals surface area contributed by atoms with E-state index < -0.39 is 0 Å². The molecular formula is C52H32N2O. The minimum Gasteiger partial charge on any atom is -0.455 e. The van der Waals surface area contributed by atoms with Crippen LogP contribution in [0, 0.1) is 0 Å². The number of furan rings is 1. The average Bonchev–Trinajstić information content (AvgIpc) is 3.91. The number of para-hydroxylation sites is 5. The van der Waals surface area contributed by atoms with Crippen LogP contribution in [0.4, 0.5) is 0 Å². The highest BCUT2D eigenvalue weighted by molar-refractivity contribution is 6.13. The van der Waals surface area contributed by atoms with Crippen LogP contribution in [-0.4, -0.2) is 9.13 Å². The largest absolute Gasteiger partial charge is 0.455 e. The van der Waals surface area contributed by atoms with E-state index in [1.807, 2.05) is 12.1 Å². The van der Waals surface area contributed by atoms with Crippen LogP contribution in [0.25, 0.3) is 110 Å². The molecule has 55 heavy (non-hydrogen) atoms. The van der Waals surface area contributed by atoms with E-state index in [-0.39, 0.29) is 0 Å². The fourth-order valence-electron chi connectivity index (χ4n) is 8.95. The van der Waals surface area contributed by atoms with Crippen molar-refractivity contribution in [1.82, 2.24) is 9.13 Å². The Hall–Kier alpha value is -7.36. The van der Waals surface area contributed by atoms with E-state index in [1.54, 1.807) is 0 Å². The van der Waals surface area contributed by atoms with E-state index in [1.165, 1.54) is 65.5 Å². The maximum atomic E-state index is 6.40. The Balaban J connectivity index is 1.01. The average molecular weight is 701 g/mol. The fraction of sp³-hybridized carbons (Fsp3) is 0. The molecule has 0 saturated heterocycles. The minimum absolute atomic E-state index is 0.917. The first-order chi connectivity index (χ1) is 27.3. The van der Waals surface area contributed by atoms with E-state index in [0.29, 0.717) is 0 Å². The van der Waals surface area contributed by atoms with Crippen molar-refractivity contribution in [2.45, 2.75) is 0 Å². The molecule has 3 heteroatoms. The lowest BCUT2D eigenvalue weighted by atomic mass is 9.99. The lowest BCUT2D eigenvalue weighted by molar-refractivity contribution is 0.670. The van der Waals surface area contributed by atoms with Gasteiger partial charge in [0, 0.05) is 49.3 Å². The summed E-state index contributed by atoms with van der Waals surface area (Å²) in [6.45, 7) is 0. The number of hydrogen-bond donors (Lipinski definition) is 0. The second-order valence-corrected chi connectivity index (χ2v) is 14.5. The summed E-state index contributed by atoms with van der Waals surface area (Å²) in [6, 6.07) is 70.3. The van der Waals surface area contributed by atoms with Crippen molar-refractivity contribution < 1.29 is 4.42 Å². The summed E-state index contributed by atoms with van der Waals surface area (Å²) < 4.78 is 11.2. The molecule has 12 rings (SSSR count). The second kappa shape index (κ2) is 11.6. The molecule has 0 amide bonds. The van der Waals surface area contributed by atoms with Gasteiger partial charge in [-0.3, -0.25) is 0 Å². The van der Waals surface area contributed by atoms with Gasteiger partial charge in [-0.1, -0.05) is 133 Å². The van der Waals surface area contributed by atoms with Crippen molar-refractivity contribution in [3.05, 3.63) is 194 Å². The summed E-state index contributed by atoms with van der Waals surface area (Å²) in [5.41, 5.74) is 13.6. The zero-order chi connectivity index (χ0) is 36.0. The Morgan fingerprint density at radius 3 is 1.58 bits per heavy atom. The number of rotatable bonds is 4. The molecule has 0 saturated carbocycles. The zero-order valence-corrected chi connectivity index (χ0v) is 29.8. The third-order valence-electron chi connectivity index (χ3n) is 11.5. The molecule has 0 bridgehead atoms. The molecule has 0 fully saturated rings. The lowest BCUT2D eigenvalue weighted by Gasteiger charge is -2.12. The van der Waals surface area contributed by atoms with E-state index in [9.17, 15) is 0 Å². The molecular weight excluding hydrogens is 669 g/mol. The van der Waals surface area contributed by atoms with Crippen molar-refractivity contribution in [2.75, 3.05) is 0 Å². The normalized spacial score (nSPS) is 12.0. The van der Waals surface area contributed by atoms with Crippen molar-refractivity contribution in [3.8, 4) is 33.6 Å². The lowest BCUT2D eigenvalue weighted by Crippen LogP contribution is -1.94. The fourth-order valence-corrected chi connectivity index (χ4v) is 8.95. The predicted molar refractivity (Wildman–Crippen MR) is 231 cm³/mol. The number of hydrogen-bond acceptors (Lipinski definition) is 1. The number of aromatic nitrogens is 2. The molecule has 256 valence electrons. The molecule has 0 unspecified atom stereocenters. The maximum Gasteiger partial charge on any atom is 0.143 e. The Morgan fingerprint density at radius 1 is 0.309 bits per heavy atom.